The van der Waals surface area contributed by atoms with E-state index in [0.29, 0.717) is 0 Å². The molecule has 6 heteroatoms. The molecule has 0 fully saturated rings. The zero-order chi connectivity index (χ0) is 17.7. The molecule has 0 atom stereocenters. The predicted octanol–water partition coefficient (Wildman–Crippen LogP) is 1.23. The normalized spacial score (nSPS) is 10.3. The summed E-state index contributed by atoms with van der Waals surface area (Å²) in [5.74, 6) is 0. The Labute approximate surface area is 138 Å². The van der Waals surface area contributed by atoms with Gasteiger partial charge in [-0.1, -0.05) is 49.1 Å². The number of aromatic nitrogens is 3. The standard InChI is InChI=1S/C18H19N3O3/c1-4-11-19-16(22)20(12-5-2)18(24)21(17(19)23)13-15-9-7-14(6-3)8-10-15/h4-10H,1-3,11-13H2. The first-order valence-corrected chi connectivity index (χ1v) is 7.41. The Bertz CT molecular complexity index is 895. The highest BCUT2D eigenvalue weighted by molar-refractivity contribution is 5.47. The molecule has 0 unspecified atom stereocenters. The van der Waals surface area contributed by atoms with E-state index in [1.165, 1.54) is 12.2 Å². The minimum absolute atomic E-state index is 0.0322. The molecule has 0 saturated heterocycles. The van der Waals surface area contributed by atoms with Gasteiger partial charge in [-0.25, -0.2) is 28.1 Å². The Kier molecular flexibility index (Phi) is 5.31. The maximum atomic E-state index is 12.5. The molecule has 2 rings (SSSR count). The fourth-order valence-corrected chi connectivity index (χ4v) is 2.33. The topological polar surface area (TPSA) is 66.0 Å². The lowest BCUT2D eigenvalue weighted by Gasteiger charge is -2.12. The van der Waals surface area contributed by atoms with E-state index in [4.69, 9.17) is 0 Å². The van der Waals surface area contributed by atoms with E-state index >= 15 is 0 Å². The van der Waals surface area contributed by atoms with Crippen molar-refractivity contribution in [1.29, 1.82) is 0 Å². The van der Waals surface area contributed by atoms with Gasteiger partial charge in [0, 0.05) is 0 Å². The van der Waals surface area contributed by atoms with Crippen LogP contribution in [0.3, 0.4) is 0 Å². The maximum absolute atomic E-state index is 12.5. The van der Waals surface area contributed by atoms with Crippen molar-refractivity contribution in [2.24, 2.45) is 0 Å². The molecule has 0 amide bonds. The molecule has 0 aliphatic heterocycles. The Morgan fingerprint density at radius 3 is 1.62 bits per heavy atom. The van der Waals surface area contributed by atoms with Crippen LogP contribution in [0.1, 0.15) is 11.1 Å². The third kappa shape index (κ3) is 3.27. The minimum Gasteiger partial charge on any atom is -0.247 e. The molecule has 0 spiro atoms. The van der Waals surface area contributed by atoms with Gasteiger partial charge in [0.2, 0.25) is 0 Å². The first-order valence-electron chi connectivity index (χ1n) is 7.41. The molecule has 6 nitrogen and oxygen atoms in total. The lowest BCUT2D eigenvalue weighted by atomic mass is 10.1. The first-order chi connectivity index (χ1) is 11.5. The monoisotopic (exact) mass is 325 g/mol. The van der Waals surface area contributed by atoms with Gasteiger partial charge in [-0.3, -0.25) is 0 Å². The van der Waals surface area contributed by atoms with Crippen molar-refractivity contribution in [3.05, 3.63) is 98.7 Å². The SMILES string of the molecule is C=CCn1c(=O)n(CC=C)c(=O)n(Cc2ccc(C=C)cc2)c1=O. The highest BCUT2D eigenvalue weighted by Crippen LogP contribution is 2.05. The maximum Gasteiger partial charge on any atom is 0.336 e. The second kappa shape index (κ2) is 7.41. The molecule has 1 aromatic carbocycles. The van der Waals surface area contributed by atoms with Gasteiger partial charge in [-0.15, -0.1) is 13.2 Å². The van der Waals surface area contributed by atoms with Crippen LogP contribution in [0.4, 0.5) is 0 Å². The summed E-state index contributed by atoms with van der Waals surface area (Å²) < 4.78 is 3.00. The van der Waals surface area contributed by atoms with E-state index in [9.17, 15) is 14.4 Å². The highest BCUT2D eigenvalue weighted by Gasteiger charge is 2.14. The third-order valence-corrected chi connectivity index (χ3v) is 3.56. The molecule has 24 heavy (non-hydrogen) atoms. The quantitative estimate of drug-likeness (QED) is 0.719. The molecule has 1 heterocycles. The van der Waals surface area contributed by atoms with Crippen molar-refractivity contribution in [3.63, 3.8) is 0 Å². The van der Waals surface area contributed by atoms with Crippen molar-refractivity contribution in [1.82, 2.24) is 13.7 Å². The van der Waals surface area contributed by atoms with E-state index in [2.05, 4.69) is 19.7 Å². The van der Waals surface area contributed by atoms with Crippen LogP contribution >= 0.6 is 0 Å². The molecular weight excluding hydrogens is 306 g/mol. The van der Waals surface area contributed by atoms with Crippen molar-refractivity contribution < 1.29 is 0 Å². The van der Waals surface area contributed by atoms with Crippen molar-refractivity contribution in [3.8, 4) is 0 Å². The number of rotatable bonds is 7. The van der Waals surface area contributed by atoms with Gasteiger partial charge in [0.25, 0.3) is 0 Å². The van der Waals surface area contributed by atoms with Gasteiger partial charge >= 0.3 is 17.1 Å². The summed E-state index contributed by atoms with van der Waals surface area (Å²) in [6, 6.07) is 7.30. The summed E-state index contributed by atoms with van der Waals surface area (Å²) >= 11 is 0. The molecule has 0 bridgehead atoms. The Morgan fingerprint density at radius 1 is 0.750 bits per heavy atom. The smallest absolute Gasteiger partial charge is 0.247 e. The summed E-state index contributed by atoms with van der Waals surface area (Å²) in [5.41, 5.74) is -0.264. The zero-order valence-electron chi connectivity index (χ0n) is 13.4. The molecule has 2 aromatic rings. The van der Waals surface area contributed by atoms with E-state index in [1.807, 2.05) is 24.3 Å². The van der Waals surface area contributed by atoms with Crippen LogP contribution in [-0.4, -0.2) is 13.7 Å². The van der Waals surface area contributed by atoms with Crippen molar-refractivity contribution >= 4 is 6.08 Å². The van der Waals surface area contributed by atoms with Crippen molar-refractivity contribution in [2.75, 3.05) is 0 Å². The minimum atomic E-state index is -0.664. The third-order valence-electron chi connectivity index (χ3n) is 3.56. The molecule has 0 aliphatic rings. The fraction of sp³-hybridized carbons (Fsp3) is 0.167. The Balaban J connectivity index is 2.62. The van der Waals surface area contributed by atoms with E-state index in [1.54, 1.807) is 6.08 Å². The average molecular weight is 325 g/mol. The highest BCUT2D eigenvalue weighted by atomic mass is 16.2. The average Bonchev–Trinajstić information content (AvgIpc) is 2.60. The second-order valence-corrected chi connectivity index (χ2v) is 5.18. The number of benzene rings is 1. The Hall–Kier alpha value is -3.15. The van der Waals surface area contributed by atoms with E-state index in [-0.39, 0.29) is 19.6 Å². The van der Waals surface area contributed by atoms with Gasteiger partial charge in [-0.05, 0) is 11.1 Å². The summed E-state index contributed by atoms with van der Waals surface area (Å²) in [6.45, 7) is 10.9. The number of nitrogens with zero attached hydrogens (tertiary/aromatic N) is 3. The summed E-state index contributed by atoms with van der Waals surface area (Å²) in [4.78, 5) is 37.3. The number of hydrogen-bond acceptors (Lipinski definition) is 3. The number of hydrogen-bond donors (Lipinski definition) is 0. The molecule has 0 N–H and O–H groups in total. The fourth-order valence-electron chi connectivity index (χ4n) is 2.33. The van der Waals surface area contributed by atoms with Gasteiger partial charge in [-0.2, -0.15) is 0 Å². The molecular formula is C18H19N3O3. The van der Waals surface area contributed by atoms with Crippen LogP contribution in [0, 0.1) is 0 Å². The van der Waals surface area contributed by atoms with E-state index in [0.717, 1.165) is 24.8 Å². The van der Waals surface area contributed by atoms with Gasteiger partial charge < -0.3 is 0 Å². The molecule has 0 saturated carbocycles. The second-order valence-electron chi connectivity index (χ2n) is 5.18. The lowest BCUT2D eigenvalue weighted by Crippen LogP contribution is -2.54. The van der Waals surface area contributed by atoms with Gasteiger partial charge in [0.05, 0.1) is 19.6 Å². The van der Waals surface area contributed by atoms with Gasteiger partial charge in [0.1, 0.15) is 0 Å². The van der Waals surface area contributed by atoms with Crippen LogP contribution in [0.5, 0.6) is 0 Å². The largest absolute Gasteiger partial charge is 0.336 e. The van der Waals surface area contributed by atoms with Crippen LogP contribution in [0.25, 0.3) is 6.08 Å². The summed E-state index contributed by atoms with van der Waals surface area (Å²) in [7, 11) is 0. The van der Waals surface area contributed by atoms with Crippen LogP contribution in [-0.2, 0) is 19.6 Å². The predicted molar refractivity (Wildman–Crippen MR) is 95.3 cm³/mol. The van der Waals surface area contributed by atoms with Crippen molar-refractivity contribution in [2.45, 2.75) is 19.6 Å². The van der Waals surface area contributed by atoms with Crippen LogP contribution in [0.2, 0.25) is 0 Å². The van der Waals surface area contributed by atoms with E-state index < -0.39 is 17.1 Å². The van der Waals surface area contributed by atoms with Crippen LogP contribution < -0.4 is 17.1 Å². The first kappa shape index (κ1) is 17.2. The van der Waals surface area contributed by atoms with Crippen LogP contribution in [0.15, 0.2) is 70.5 Å². The summed E-state index contributed by atoms with van der Waals surface area (Å²) in [6.07, 6.45) is 4.58. The Morgan fingerprint density at radius 2 is 1.21 bits per heavy atom. The zero-order valence-corrected chi connectivity index (χ0v) is 13.4. The molecule has 1 aromatic heterocycles. The van der Waals surface area contributed by atoms with Gasteiger partial charge in [0.15, 0.2) is 0 Å². The number of allylic oxidation sites excluding steroid dienone is 2. The molecule has 0 aliphatic carbocycles. The lowest BCUT2D eigenvalue weighted by molar-refractivity contribution is 0.498. The molecule has 0 radical (unpaired) electrons. The summed E-state index contributed by atoms with van der Waals surface area (Å²) in [5, 5.41) is 0. The molecule has 124 valence electrons.